The molecule has 0 fully saturated rings. The van der Waals surface area contributed by atoms with Gasteiger partial charge in [-0.05, 0) is 63.8 Å². The Bertz CT molecular complexity index is 1040. The van der Waals surface area contributed by atoms with Crippen LogP contribution in [0.25, 0.3) is 0 Å². The van der Waals surface area contributed by atoms with E-state index in [0.717, 1.165) is 40.2 Å². The molecular formula is C25H26BrNO4. The molecule has 0 bridgehead atoms. The third kappa shape index (κ3) is 5.51. The first kappa shape index (κ1) is 21.5. The van der Waals surface area contributed by atoms with Crippen molar-refractivity contribution in [3.8, 4) is 23.0 Å². The maximum Gasteiger partial charge on any atom is 0.175 e. The van der Waals surface area contributed by atoms with Crippen molar-refractivity contribution in [3.63, 3.8) is 0 Å². The van der Waals surface area contributed by atoms with E-state index in [0.29, 0.717) is 31.3 Å². The van der Waals surface area contributed by atoms with Crippen LogP contribution in [0, 0.1) is 6.92 Å². The van der Waals surface area contributed by atoms with Crippen LogP contribution in [-0.2, 0) is 19.7 Å². The molecule has 5 nitrogen and oxygen atoms in total. The number of rotatable bonds is 8. The number of ether oxygens (including phenoxy) is 4. The van der Waals surface area contributed by atoms with Gasteiger partial charge < -0.3 is 24.3 Å². The summed E-state index contributed by atoms with van der Waals surface area (Å²) in [5.74, 6) is 2.91. The van der Waals surface area contributed by atoms with Gasteiger partial charge >= 0.3 is 0 Å². The summed E-state index contributed by atoms with van der Waals surface area (Å²) in [5, 5.41) is 3.48. The fourth-order valence-electron chi connectivity index (χ4n) is 3.41. The Hall–Kier alpha value is -2.70. The summed E-state index contributed by atoms with van der Waals surface area (Å²) in [6.07, 6.45) is 0. The molecule has 0 saturated heterocycles. The molecule has 0 aliphatic carbocycles. The molecule has 162 valence electrons. The third-order valence-corrected chi connectivity index (χ3v) is 5.65. The minimum absolute atomic E-state index is 0.399. The lowest BCUT2D eigenvalue weighted by Gasteiger charge is -2.19. The van der Waals surface area contributed by atoms with Crippen molar-refractivity contribution in [2.24, 2.45) is 0 Å². The molecular weight excluding hydrogens is 458 g/mol. The van der Waals surface area contributed by atoms with E-state index in [1.54, 1.807) is 7.11 Å². The highest BCUT2D eigenvalue weighted by Crippen LogP contribution is 2.38. The first-order valence-corrected chi connectivity index (χ1v) is 11.1. The normalized spacial score (nSPS) is 12.5. The van der Waals surface area contributed by atoms with Gasteiger partial charge in [0.2, 0.25) is 0 Å². The number of halogens is 1. The standard InChI is InChI=1S/C25H26BrNO4/c1-17-3-5-18(6-4-17)14-27-15-20-11-21(26)25(24(13-20)28-2)31-16-19-7-8-22-23(12-19)30-10-9-29-22/h3-8,11-13,27H,9-10,14-16H2,1-2H3. The van der Waals surface area contributed by atoms with Gasteiger partial charge in [-0.2, -0.15) is 0 Å². The van der Waals surface area contributed by atoms with Crippen molar-refractivity contribution < 1.29 is 18.9 Å². The van der Waals surface area contributed by atoms with E-state index in [4.69, 9.17) is 18.9 Å². The summed E-state index contributed by atoms with van der Waals surface area (Å²) in [4.78, 5) is 0. The molecule has 31 heavy (non-hydrogen) atoms. The molecule has 3 aromatic carbocycles. The minimum Gasteiger partial charge on any atom is -0.493 e. The molecule has 1 N–H and O–H groups in total. The zero-order valence-corrected chi connectivity index (χ0v) is 19.3. The molecule has 1 aliphatic rings. The molecule has 0 aromatic heterocycles. The van der Waals surface area contributed by atoms with Gasteiger partial charge in [-0.1, -0.05) is 35.9 Å². The van der Waals surface area contributed by atoms with Gasteiger partial charge in [-0.15, -0.1) is 0 Å². The van der Waals surface area contributed by atoms with Crippen molar-refractivity contribution >= 4 is 15.9 Å². The van der Waals surface area contributed by atoms with Crippen molar-refractivity contribution in [3.05, 3.63) is 81.3 Å². The van der Waals surface area contributed by atoms with Crippen LogP contribution in [0.2, 0.25) is 0 Å². The monoisotopic (exact) mass is 483 g/mol. The first-order valence-electron chi connectivity index (χ1n) is 10.3. The topological polar surface area (TPSA) is 49.0 Å². The minimum atomic E-state index is 0.399. The molecule has 1 heterocycles. The zero-order chi connectivity index (χ0) is 21.6. The molecule has 0 atom stereocenters. The van der Waals surface area contributed by atoms with Crippen LogP contribution in [-0.4, -0.2) is 20.3 Å². The van der Waals surface area contributed by atoms with Crippen LogP contribution in [0.5, 0.6) is 23.0 Å². The second-order valence-corrected chi connectivity index (χ2v) is 8.32. The van der Waals surface area contributed by atoms with E-state index in [2.05, 4.69) is 58.5 Å². The molecule has 3 aromatic rings. The van der Waals surface area contributed by atoms with E-state index in [1.165, 1.54) is 11.1 Å². The fraction of sp³-hybridized carbons (Fsp3) is 0.280. The van der Waals surface area contributed by atoms with E-state index >= 15 is 0 Å². The third-order valence-electron chi connectivity index (χ3n) is 5.06. The number of methoxy groups -OCH3 is 1. The Morgan fingerprint density at radius 2 is 1.58 bits per heavy atom. The molecule has 4 rings (SSSR count). The second kappa shape index (κ2) is 10.1. The van der Waals surface area contributed by atoms with E-state index in [1.807, 2.05) is 24.3 Å². The van der Waals surface area contributed by atoms with Gasteiger partial charge in [0, 0.05) is 13.1 Å². The maximum absolute atomic E-state index is 6.09. The van der Waals surface area contributed by atoms with Crippen molar-refractivity contribution in [1.29, 1.82) is 0 Å². The fourth-order valence-corrected chi connectivity index (χ4v) is 4.01. The van der Waals surface area contributed by atoms with Crippen molar-refractivity contribution in [2.45, 2.75) is 26.6 Å². The predicted octanol–water partition coefficient (Wildman–Crippen LogP) is 5.41. The van der Waals surface area contributed by atoms with Crippen LogP contribution in [0.3, 0.4) is 0 Å². The molecule has 0 spiro atoms. The number of benzene rings is 3. The Morgan fingerprint density at radius 1 is 0.871 bits per heavy atom. The summed E-state index contributed by atoms with van der Waals surface area (Å²) in [6, 6.07) is 18.5. The first-order chi connectivity index (χ1) is 15.1. The number of nitrogens with one attached hydrogen (secondary N) is 1. The Morgan fingerprint density at radius 3 is 2.35 bits per heavy atom. The van der Waals surface area contributed by atoms with Crippen LogP contribution in [0.1, 0.15) is 22.3 Å². The molecule has 0 amide bonds. The average Bonchev–Trinajstić information content (AvgIpc) is 2.79. The quantitative estimate of drug-likeness (QED) is 0.464. The number of hydrogen-bond acceptors (Lipinski definition) is 5. The Kier molecular flexibility index (Phi) is 6.99. The van der Waals surface area contributed by atoms with Gasteiger partial charge in [0.15, 0.2) is 23.0 Å². The lowest BCUT2D eigenvalue weighted by Crippen LogP contribution is -2.15. The van der Waals surface area contributed by atoms with E-state index in [-0.39, 0.29) is 0 Å². The number of fused-ring (bicyclic) bond motifs is 1. The number of hydrogen-bond donors (Lipinski definition) is 1. The van der Waals surface area contributed by atoms with Gasteiger partial charge in [-0.25, -0.2) is 0 Å². The lowest BCUT2D eigenvalue weighted by atomic mass is 10.1. The highest BCUT2D eigenvalue weighted by atomic mass is 79.9. The van der Waals surface area contributed by atoms with Gasteiger partial charge in [-0.3, -0.25) is 0 Å². The van der Waals surface area contributed by atoms with E-state index < -0.39 is 0 Å². The van der Waals surface area contributed by atoms with Crippen LogP contribution >= 0.6 is 15.9 Å². The molecule has 0 saturated carbocycles. The number of aryl methyl sites for hydroxylation is 1. The highest BCUT2D eigenvalue weighted by molar-refractivity contribution is 9.10. The zero-order valence-electron chi connectivity index (χ0n) is 17.7. The Labute approximate surface area is 191 Å². The van der Waals surface area contributed by atoms with Crippen LogP contribution in [0.4, 0.5) is 0 Å². The molecule has 0 radical (unpaired) electrons. The predicted molar refractivity (Wildman–Crippen MR) is 124 cm³/mol. The molecule has 6 heteroatoms. The van der Waals surface area contributed by atoms with Gasteiger partial charge in [0.05, 0.1) is 11.6 Å². The summed E-state index contributed by atoms with van der Waals surface area (Å²) in [5.41, 5.74) is 4.64. The molecule has 1 aliphatic heterocycles. The Balaban J connectivity index is 1.39. The smallest absolute Gasteiger partial charge is 0.175 e. The van der Waals surface area contributed by atoms with E-state index in [9.17, 15) is 0 Å². The lowest BCUT2D eigenvalue weighted by molar-refractivity contribution is 0.171. The average molecular weight is 484 g/mol. The maximum atomic E-state index is 6.09. The van der Waals surface area contributed by atoms with Crippen LogP contribution in [0.15, 0.2) is 59.1 Å². The largest absolute Gasteiger partial charge is 0.493 e. The van der Waals surface area contributed by atoms with Crippen molar-refractivity contribution in [1.82, 2.24) is 5.32 Å². The second-order valence-electron chi connectivity index (χ2n) is 7.46. The summed E-state index contributed by atoms with van der Waals surface area (Å²) in [6.45, 7) is 5.18. The van der Waals surface area contributed by atoms with Crippen molar-refractivity contribution in [2.75, 3.05) is 20.3 Å². The highest BCUT2D eigenvalue weighted by Gasteiger charge is 2.15. The summed E-state index contributed by atoms with van der Waals surface area (Å²) >= 11 is 3.64. The van der Waals surface area contributed by atoms with Gasteiger partial charge in [0.1, 0.15) is 19.8 Å². The SMILES string of the molecule is COc1cc(CNCc2ccc(C)cc2)cc(Br)c1OCc1ccc2c(c1)OCCO2. The summed E-state index contributed by atoms with van der Waals surface area (Å²) < 4.78 is 23.8. The van der Waals surface area contributed by atoms with Crippen LogP contribution < -0.4 is 24.3 Å². The van der Waals surface area contributed by atoms with Gasteiger partial charge in [0.25, 0.3) is 0 Å². The summed E-state index contributed by atoms with van der Waals surface area (Å²) in [7, 11) is 1.65. The molecule has 0 unspecified atom stereocenters.